The molecule has 3 atom stereocenters. The normalized spacial score (nSPS) is 21.5. The Labute approximate surface area is 288 Å². The number of benzene rings is 5. The van der Waals surface area contributed by atoms with Crippen molar-refractivity contribution in [1.82, 2.24) is 10.6 Å². The maximum Gasteiger partial charge on any atom is 0.128 e. The predicted octanol–water partition coefficient (Wildman–Crippen LogP) is 9.69. The third-order valence-corrected chi connectivity index (χ3v) is 11.1. The van der Waals surface area contributed by atoms with Gasteiger partial charge < -0.3 is 20.9 Å². The van der Waals surface area contributed by atoms with E-state index in [1.165, 1.54) is 72.7 Å². The van der Waals surface area contributed by atoms with Crippen LogP contribution in [0, 0.1) is 0 Å². The number of dihydropyridines is 2. The summed E-state index contributed by atoms with van der Waals surface area (Å²) in [5, 5.41) is 11.4. The Balaban J connectivity index is 1.04. The second kappa shape index (κ2) is 11.5. The van der Waals surface area contributed by atoms with Crippen LogP contribution < -0.4 is 20.9 Å². The van der Waals surface area contributed by atoms with Crippen molar-refractivity contribution in [3.63, 3.8) is 0 Å². The van der Waals surface area contributed by atoms with Crippen LogP contribution in [-0.4, -0.2) is 12.2 Å². The van der Waals surface area contributed by atoms with Crippen LogP contribution in [-0.2, 0) is 12.8 Å². The number of hydrogen-bond acceptors (Lipinski definition) is 4. The van der Waals surface area contributed by atoms with Gasteiger partial charge >= 0.3 is 0 Å². The zero-order valence-corrected chi connectivity index (χ0v) is 27.4. The molecular formula is C45H38N4. The fourth-order valence-electron chi connectivity index (χ4n) is 8.78. The minimum absolute atomic E-state index is 0.0674. The van der Waals surface area contributed by atoms with Gasteiger partial charge in [-0.2, -0.15) is 0 Å². The van der Waals surface area contributed by atoms with Gasteiger partial charge in [-0.3, -0.25) is 0 Å². The Morgan fingerprint density at radius 2 is 1.41 bits per heavy atom. The molecule has 238 valence electrons. The molecule has 0 radical (unpaired) electrons. The number of para-hydroxylation sites is 2. The van der Waals surface area contributed by atoms with E-state index in [2.05, 4.69) is 154 Å². The molecule has 5 aromatic rings. The SMILES string of the molecule is C1=CNC(C2Nc3ccccc3N2c2ccc(-c3cccc(C4=C5CCc6ccccc6C5NC5=C4CCc4ccccc45)c3)cc2)C=C1. The number of anilines is 3. The average Bonchev–Trinajstić information content (AvgIpc) is 3.57. The fraction of sp³-hybridized carbons (Fsp3) is 0.156. The summed E-state index contributed by atoms with van der Waals surface area (Å²) in [4.78, 5) is 2.42. The summed E-state index contributed by atoms with van der Waals surface area (Å²) >= 11 is 0. The van der Waals surface area contributed by atoms with Gasteiger partial charge in [0.15, 0.2) is 0 Å². The summed E-state index contributed by atoms with van der Waals surface area (Å²) in [7, 11) is 0. The third kappa shape index (κ3) is 4.66. The summed E-state index contributed by atoms with van der Waals surface area (Å²) < 4.78 is 0. The van der Waals surface area contributed by atoms with Gasteiger partial charge in [0.25, 0.3) is 0 Å². The molecule has 0 spiro atoms. The highest BCUT2D eigenvalue weighted by molar-refractivity contribution is 5.95. The van der Waals surface area contributed by atoms with Crippen LogP contribution in [0.25, 0.3) is 22.4 Å². The minimum Gasteiger partial charge on any atom is -0.381 e. The highest BCUT2D eigenvalue weighted by Gasteiger charge is 2.37. The van der Waals surface area contributed by atoms with Gasteiger partial charge in [0.05, 0.1) is 23.5 Å². The molecule has 3 unspecified atom stereocenters. The number of fused-ring (bicyclic) bond motifs is 6. The van der Waals surface area contributed by atoms with Gasteiger partial charge in [0.1, 0.15) is 6.17 Å². The zero-order chi connectivity index (χ0) is 32.3. The number of nitrogens with zero attached hydrogens (tertiary/aromatic N) is 1. The molecule has 3 heterocycles. The van der Waals surface area contributed by atoms with Crippen molar-refractivity contribution in [3.8, 4) is 11.1 Å². The van der Waals surface area contributed by atoms with Crippen LogP contribution in [0.3, 0.4) is 0 Å². The first-order chi connectivity index (χ1) is 24.3. The first-order valence-electron chi connectivity index (χ1n) is 17.6. The smallest absolute Gasteiger partial charge is 0.128 e. The summed E-state index contributed by atoms with van der Waals surface area (Å²) in [6.07, 6.45) is 12.8. The summed E-state index contributed by atoms with van der Waals surface area (Å²) in [6, 6.07) is 45.4. The molecule has 0 fully saturated rings. The Morgan fingerprint density at radius 3 is 2.31 bits per heavy atom. The summed E-state index contributed by atoms with van der Waals surface area (Å²) in [6.45, 7) is 0. The van der Waals surface area contributed by atoms with Crippen LogP contribution in [0.1, 0.15) is 46.7 Å². The molecule has 10 rings (SSSR count). The molecule has 4 heteroatoms. The third-order valence-electron chi connectivity index (χ3n) is 11.1. The highest BCUT2D eigenvalue weighted by atomic mass is 15.4. The number of rotatable bonds is 4. The number of nitrogens with one attached hydrogen (secondary N) is 3. The lowest BCUT2D eigenvalue weighted by Gasteiger charge is -2.40. The van der Waals surface area contributed by atoms with Gasteiger partial charge in [-0.25, -0.2) is 0 Å². The van der Waals surface area contributed by atoms with E-state index in [-0.39, 0.29) is 18.2 Å². The Kier molecular flexibility index (Phi) is 6.61. The molecule has 0 bridgehead atoms. The summed E-state index contributed by atoms with van der Waals surface area (Å²) in [5.74, 6) is 0. The number of aryl methyl sites for hydroxylation is 2. The summed E-state index contributed by atoms with van der Waals surface area (Å²) in [5.41, 5.74) is 18.8. The number of allylic oxidation sites excluding steroid dienone is 4. The molecule has 0 saturated carbocycles. The van der Waals surface area contributed by atoms with Crippen molar-refractivity contribution in [2.75, 3.05) is 10.2 Å². The van der Waals surface area contributed by atoms with E-state index in [4.69, 9.17) is 0 Å². The lowest BCUT2D eigenvalue weighted by molar-refractivity contribution is 0.591. The number of hydrogen-bond donors (Lipinski definition) is 3. The van der Waals surface area contributed by atoms with Gasteiger partial charge in [-0.1, -0.05) is 103 Å². The van der Waals surface area contributed by atoms with E-state index in [9.17, 15) is 0 Å². The first-order valence-corrected chi connectivity index (χ1v) is 17.6. The quantitative estimate of drug-likeness (QED) is 0.184. The molecule has 0 aromatic heterocycles. The van der Waals surface area contributed by atoms with Crippen LogP contribution in [0.5, 0.6) is 0 Å². The van der Waals surface area contributed by atoms with Crippen molar-refractivity contribution in [2.24, 2.45) is 0 Å². The second-order valence-electron chi connectivity index (χ2n) is 13.7. The molecule has 0 amide bonds. The van der Waals surface area contributed by atoms with E-state index < -0.39 is 0 Å². The Morgan fingerprint density at radius 1 is 0.612 bits per heavy atom. The Bertz CT molecular complexity index is 2240. The molecule has 3 N–H and O–H groups in total. The molecule has 5 aromatic carbocycles. The van der Waals surface area contributed by atoms with Crippen molar-refractivity contribution < 1.29 is 0 Å². The van der Waals surface area contributed by atoms with Crippen LogP contribution in [0.15, 0.2) is 157 Å². The van der Waals surface area contributed by atoms with E-state index in [0.717, 1.165) is 31.4 Å². The molecule has 5 aliphatic rings. The molecule has 2 aliphatic carbocycles. The van der Waals surface area contributed by atoms with Gasteiger partial charge in [0, 0.05) is 16.9 Å². The largest absolute Gasteiger partial charge is 0.381 e. The van der Waals surface area contributed by atoms with Crippen LogP contribution in [0.2, 0.25) is 0 Å². The van der Waals surface area contributed by atoms with Gasteiger partial charge in [-0.05, 0) is 118 Å². The molecular weight excluding hydrogens is 597 g/mol. The lowest BCUT2D eigenvalue weighted by atomic mass is 9.72. The minimum atomic E-state index is 0.0674. The first kappa shape index (κ1) is 28.3. The highest BCUT2D eigenvalue weighted by Crippen LogP contribution is 2.50. The van der Waals surface area contributed by atoms with E-state index >= 15 is 0 Å². The lowest BCUT2D eigenvalue weighted by Crippen LogP contribution is -2.48. The molecule has 4 nitrogen and oxygen atoms in total. The molecule has 0 saturated heterocycles. The van der Waals surface area contributed by atoms with Crippen molar-refractivity contribution in [1.29, 1.82) is 0 Å². The Hall–Kier alpha value is -5.74. The monoisotopic (exact) mass is 634 g/mol. The predicted molar refractivity (Wildman–Crippen MR) is 202 cm³/mol. The molecule has 3 aliphatic heterocycles. The van der Waals surface area contributed by atoms with E-state index in [1.807, 2.05) is 12.3 Å². The average molecular weight is 635 g/mol. The van der Waals surface area contributed by atoms with E-state index in [0.29, 0.717) is 0 Å². The van der Waals surface area contributed by atoms with Crippen molar-refractivity contribution >= 4 is 28.3 Å². The molecule has 49 heavy (non-hydrogen) atoms. The fourth-order valence-corrected chi connectivity index (χ4v) is 8.78. The van der Waals surface area contributed by atoms with Crippen molar-refractivity contribution in [3.05, 3.63) is 185 Å². The zero-order valence-electron chi connectivity index (χ0n) is 27.4. The van der Waals surface area contributed by atoms with Crippen molar-refractivity contribution in [2.45, 2.75) is 43.9 Å². The van der Waals surface area contributed by atoms with Gasteiger partial charge in [-0.15, -0.1) is 0 Å². The standard InChI is InChI=1S/C45H38N4/c1-3-14-35-30(10-1)21-25-37-42(38-26-22-31-11-2-4-15-36(31)44(38)48-43(35)37)33-13-9-12-32(28-33)29-19-23-34(24-20-29)49-41-18-6-5-16-39(41)47-45(49)40-17-7-8-27-46-40/h1-20,23-24,27-28,40,43,45-48H,21-22,25-26H2. The topological polar surface area (TPSA) is 39.3 Å². The maximum absolute atomic E-state index is 4.08. The van der Waals surface area contributed by atoms with Gasteiger partial charge in [0.2, 0.25) is 0 Å². The van der Waals surface area contributed by atoms with Crippen LogP contribution in [0.4, 0.5) is 17.1 Å². The van der Waals surface area contributed by atoms with E-state index in [1.54, 1.807) is 0 Å². The van der Waals surface area contributed by atoms with Crippen LogP contribution >= 0.6 is 0 Å². The second-order valence-corrected chi connectivity index (χ2v) is 13.7. The maximum atomic E-state index is 4.08.